The predicted molar refractivity (Wildman–Crippen MR) is 59.0 cm³/mol. The molecule has 0 aliphatic rings. The Morgan fingerprint density at radius 2 is 2.21 bits per heavy atom. The summed E-state index contributed by atoms with van der Waals surface area (Å²) < 4.78 is 5.17. The van der Waals surface area contributed by atoms with E-state index in [0.29, 0.717) is 12.2 Å². The fourth-order valence-electron chi connectivity index (χ4n) is 1.13. The van der Waals surface area contributed by atoms with Gasteiger partial charge in [0, 0.05) is 11.3 Å². The summed E-state index contributed by atoms with van der Waals surface area (Å²) in [6.07, 6.45) is 1.27. The van der Waals surface area contributed by atoms with E-state index in [9.17, 15) is 4.79 Å². The number of carbonyl (C=O) groups is 1. The Bertz CT molecular complexity index is 334. The lowest BCUT2D eigenvalue weighted by Gasteiger charge is -2.06. The first-order valence-corrected chi connectivity index (χ1v) is 5.08. The van der Waals surface area contributed by atoms with Crippen molar-refractivity contribution in [3.63, 3.8) is 0 Å². The van der Waals surface area contributed by atoms with Gasteiger partial charge in [-0.15, -0.1) is 12.6 Å². The minimum Gasteiger partial charge on any atom is -0.426 e. The minimum absolute atomic E-state index is 0.178. The van der Waals surface area contributed by atoms with Crippen LogP contribution in [0, 0.1) is 6.92 Å². The molecule has 1 rings (SSSR count). The number of esters is 1. The summed E-state index contributed by atoms with van der Waals surface area (Å²) in [7, 11) is 0. The molecule has 0 amide bonds. The second kappa shape index (κ2) is 5.05. The van der Waals surface area contributed by atoms with Crippen LogP contribution in [0.5, 0.6) is 5.75 Å². The third-order valence-electron chi connectivity index (χ3n) is 1.84. The maximum absolute atomic E-state index is 11.2. The zero-order valence-electron chi connectivity index (χ0n) is 8.41. The highest BCUT2D eigenvalue weighted by Gasteiger charge is 2.05. The van der Waals surface area contributed by atoms with Crippen molar-refractivity contribution in [1.29, 1.82) is 0 Å². The van der Waals surface area contributed by atoms with Crippen LogP contribution in [-0.2, 0) is 4.79 Å². The Morgan fingerprint density at radius 3 is 2.79 bits per heavy atom. The molecule has 0 unspecified atom stereocenters. The van der Waals surface area contributed by atoms with E-state index in [0.717, 1.165) is 16.9 Å². The second-order valence-corrected chi connectivity index (χ2v) is 3.69. The molecule has 0 aliphatic heterocycles. The van der Waals surface area contributed by atoms with Crippen LogP contribution in [0.1, 0.15) is 25.3 Å². The standard InChI is InChI=1S/C11H14O2S/c1-3-4-11(12)13-10-6-5-9(14)7-8(10)2/h5-7,14H,3-4H2,1-2H3. The van der Waals surface area contributed by atoms with Crippen LogP contribution in [0.4, 0.5) is 0 Å². The van der Waals surface area contributed by atoms with Crippen LogP contribution in [-0.4, -0.2) is 5.97 Å². The summed E-state index contributed by atoms with van der Waals surface area (Å²) in [4.78, 5) is 12.1. The highest BCUT2D eigenvalue weighted by atomic mass is 32.1. The van der Waals surface area contributed by atoms with Gasteiger partial charge in [0.25, 0.3) is 0 Å². The van der Waals surface area contributed by atoms with E-state index >= 15 is 0 Å². The van der Waals surface area contributed by atoms with Gasteiger partial charge in [-0.1, -0.05) is 6.92 Å². The normalized spacial score (nSPS) is 9.93. The summed E-state index contributed by atoms with van der Waals surface area (Å²) in [6, 6.07) is 5.45. The summed E-state index contributed by atoms with van der Waals surface area (Å²) >= 11 is 4.19. The molecule has 2 nitrogen and oxygen atoms in total. The summed E-state index contributed by atoms with van der Waals surface area (Å²) in [5.74, 6) is 0.448. The largest absolute Gasteiger partial charge is 0.426 e. The molecule has 0 atom stereocenters. The fraction of sp³-hybridized carbons (Fsp3) is 0.364. The maximum atomic E-state index is 11.2. The highest BCUT2D eigenvalue weighted by molar-refractivity contribution is 7.80. The number of ether oxygens (including phenoxy) is 1. The molecule has 0 N–H and O–H groups in total. The molecule has 1 aromatic rings. The van der Waals surface area contributed by atoms with Gasteiger partial charge in [-0.25, -0.2) is 0 Å². The van der Waals surface area contributed by atoms with E-state index in [4.69, 9.17) is 4.74 Å². The summed E-state index contributed by atoms with van der Waals surface area (Å²) in [5.41, 5.74) is 0.932. The summed E-state index contributed by atoms with van der Waals surface area (Å²) in [6.45, 7) is 3.85. The number of hydrogen-bond donors (Lipinski definition) is 1. The van der Waals surface area contributed by atoms with Crippen LogP contribution >= 0.6 is 12.6 Å². The van der Waals surface area contributed by atoms with E-state index < -0.39 is 0 Å². The zero-order valence-corrected chi connectivity index (χ0v) is 9.30. The van der Waals surface area contributed by atoms with Gasteiger partial charge in [0.2, 0.25) is 0 Å². The SMILES string of the molecule is CCCC(=O)Oc1ccc(S)cc1C. The van der Waals surface area contributed by atoms with Crippen molar-refractivity contribution in [1.82, 2.24) is 0 Å². The van der Waals surface area contributed by atoms with Crippen LogP contribution in [0.15, 0.2) is 23.1 Å². The summed E-state index contributed by atoms with van der Waals surface area (Å²) in [5, 5.41) is 0. The van der Waals surface area contributed by atoms with Crippen LogP contribution in [0.2, 0.25) is 0 Å². The van der Waals surface area contributed by atoms with Crippen LogP contribution < -0.4 is 4.74 Å². The van der Waals surface area contributed by atoms with Crippen LogP contribution in [0.3, 0.4) is 0 Å². The van der Waals surface area contributed by atoms with Gasteiger partial charge in [0.15, 0.2) is 0 Å². The molecule has 76 valence electrons. The van der Waals surface area contributed by atoms with Gasteiger partial charge in [0.05, 0.1) is 0 Å². The minimum atomic E-state index is -0.178. The first-order chi connectivity index (χ1) is 6.63. The van der Waals surface area contributed by atoms with Gasteiger partial charge in [-0.3, -0.25) is 4.79 Å². The third kappa shape index (κ3) is 3.07. The van der Waals surface area contributed by atoms with E-state index in [1.165, 1.54) is 0 Å². The van der Waals surface area contributed by atoms with Gasteiger partial charge >= 0.3 is 5.97 Å². The third-order valence-corrected chi connectivity index (χ3v) is 2.11. The van der Waals surface area contributed by atoms with E-state index in [-0.39, 0.29) is 5.97 Å². The van der Waals surface area contributed by atoms with Crippen molar-refractivity contribution in [2.45, 2.75) is 31.6 Å². The molecular formula is C11H14O2S. The Labute approximate surface area is 89.7 Å². The van der Waals surface area contributed by atoms with Gasteiger partial charge < -0.3 is 4.74 Å². The van der Waals surface area contributed by atoms with Crippen molar-refractivity contribution >= 4 is 18.6 Å². The van der Waals surface area contributed by atoms with Crippen LogP contribution in [0.25, 0.3) is 0 Å². The Hall–Kier alpha value is -0.960. The number of aryl methyl sites for hydroxylation is 1. The monoisotopic (exact) mass is 210 g/mol. The molecule has 0 heterocycles. The molecule has 0 aliphatic carbocycles. The van der Waals surface area contributed by atoms with Crippen molar-refractivity contribution in [2.75, 3.05) is 0 Å². The van der Waals surface area contributed by atoms with E-state index in [2.05, 4.69) is 12.6 Å². The van der Waals surface area contributed by atoms with E-state index in [1.54, 1.807) is 6.07 Å². The first-order valence-electron chi connectivity index (χ1n) is 4.63. The number of carbonyl (C=O) groups excluding carboxylic acids is 1. The Balaban J connectivity index is 2.72. The molecular weight excluding hydrogens is 196 g/mol. The maximum Gasteiger partial charge on any atom is 0.311 e. The zero-order chi connectivity index (χ0) is 10.6. The van der Waals surface area contributed by atoms with Gasteiger partial charge in [-0.2, -0.15) is 0 Å². The van der Waals surface area contributed by atoms with Crippen molar-refractivity contribution in [3.05, 3.63) is 23.8 Å². The molecule has 1 aromatic carbocycles. The molecule has 0 aromatic heterocycles. The van der Waals surface area contributed by atoms with Gasteiger partial charge in [0.1, 0.15) is 5.75 Å². The molecule has 0 bridgehead atoms. The molecule has 14 heavy (non-hydrogen) atoms. The Kier molecular flexibility index (Phi) is 4.01. The number of benzene rings is 1. The topological polar surface area (TPSA) is 26.3 Å². The van der Waals surface area contributed by atoms with Gasteiger partial charge in [-0.05, 0) is 37.1 Å². The number of thiol groups is 1. The lowest BCUT2D eigenvalue weighted by molar-refractivity contribution is -0.134. The smallest absolute Gasteiger partial charge is 0.311 e. The quantitative estimate of drug-likeness (QED) is 0.471. The highest BCUT2D eigenvalue weighted by Crippen LogP contribution is 2.21. The van der Waals surface area contributed by atoms with Crippen molar-refractivity contribution < 1.29 is 9.53 Å². The first kappa shape index (κ1) is 11.1. The Morgan fingerprint density at radius 1 is 1.50 bits per heavy atom. The molecule has 0 saturated carbocycles. The van der Waals surface area contributed by atoms with Crippen molar-refractivity contribution in [3.8, 4) is 5.75 Å². The average Bonchev–Trinajstić information content (AvgIpc) is 2.10. The fourth-order valence-corrected chi connectivity index (χ4v) is 1.39. The number of hydrogen-bond acceptors (Lipinski definition) is 3. The average molecular weight is 210 g/mol. The number of rotatable bonds is 3. The van der Waals surface area contributed by atoms with Crippen molar-refractivity contribution in [2.24, 2.45) is 0 Å². The molecule has 0 spiro atoms. The lowest BCUT2D eigenvalue weighted by Crippen LogP contribution is -2.07. The molecule has 3 heteroatoms. The lowest BCUT2D eigenvalue weighted by atomic mass is 10.2. The molecule has 0 fully saturated rings. The molecule has 0 radical (unpaired) electrons. The van der Waals surface area contributed by atoms with E-state index in [1.807, 2.05) is 26.0 Å². The molecule has 0 saturated heterocycles. The predicted octanol–water partition coefficient (Wildman–Crippen LogP) is 2.99. The second-order valence-electron chi connectivity index (χ2n) is 3.17.